The molecule has 0 saturated carbocycles. The summed E-state index contributed by atoms with van der Waals surface area (Å²) in [6, 6.07) is 71.7. The van der Waals surface area contributed by atoms with Crippen molar-refractivity contribution in [3.05, 3.63) is 200 Å². The van der Waals surface area contributed by atoms with Crippen LogP contribution < -0.4 is 4.90 Å². The van der Waals surface area contributed by atoms with E-state index in [1.54, 1.807) is 0 Å². The first-order valence-electron chi connectivity index (χ1n) is 17.8. The minimum atomic E-state index is 0.870. The largest absolute Gasteiger partial charge is 0.455 e. The van der Waals surface area contributed by atoms with Crippen LogP contribution in [0.3, 0.4) is 0 Å². The highest BCUT2D eigenvalue weighted by Crippen LogP contribution is 2.50. The normalized spacial score (nSPS) is 11.5. The van der Waals surface area contributed by atoms with E-state index in [-0.39, 0.29) is 0 Å². The predicted octanol–water partition coefficient (Wildman–Crippen LogP) is 14.4. The Balaban J connectivity index is 1.31. The quantitative estimate of drug-likeness (QED) is 0.176. The third kappa shape index (κ3) is 5.04. The number of hydrogen-bond donors (Lipinski definition) is 0. The van der Waals surface area contributed by atoms with Crippen molar-refractivity contribution in [3.8, 4) is 33.4 Å². The summed E-state index contributed by atoms with van der Waals surface area (Å²) in [6.45, 7) is 0. The van der Waals surface area contributed by atoms with E-state index in [1.165, 1.54) is 38.2 Å². The summed E-state index contributed by atoms with van der Waals surface area (Å²) in [7, 11) is 0. The highest BCUT2D eigenvalue weighted by Gasteiger charge is 2.25. The lowest BCUT2D eigenvalue weighted by atomic mass is 9.90. The number of benzene rings is 9. The van der Waals surface area contributed by atoms with Crippen LogP contribution in [0.1, 0.15) is 0 Å². The van der Waals surface area contributed by atoms with Crippen molar-refractivity contribution < 1.29 is 4.42 Å². The van der Waals surface area contributed by atoms with Crippen molar-refractivity contribution in [3.63, 3.8) is 0 Å². The minimum Gasteiger partial charge on any atom is -0.455 e. The van der Waals surface area contributed by atoms with Gasteiger partial charge in [-0.1, -0.05) is 152 Å². The lowest BCUT2D eigenvalue weighted by Gasteiger charge is -2.30. The van der Waals surface area contributed by atoms with Gasteiger partial charge in [0, 0.05) is 22.2 Å². The zero-order valence-corrected chi connectivity index (χ0v) is 28.4. The summed E-state index contributed by atoms with van der Waals surface area (Å²) < 4.78 is 6.77. The predicted molar refractivity (Wildman–Crippen MR) is 220 cm³/mol. The maximum Gasteiger partial charge on any atom is 0.145 e. The standard InChI is InChI=1S/C50H33NO/c1-3-16-36(17-4-1)43-30-31-46(49-44-22-11-12-25-47(44)52-50(43)49)51(41-20-5-2-6-21-41)45-24-13-23-42(39-28-26-34-14-7-9-18-37(34)32-39)48(45)40-29-27-35-15-8-10-19-38(35)33-40/h1-33H. The summed E-state index contributed by atoms with van der Waals surface area (Å²) >= 11 is 0. The molecule has 9 aromatic carbocycles. The van der Waals surface area contributed by atoms with Gasteiger partial charge in [-0.2, -0.15) is 0 Å². The van der Waals surface area contributed by atoms with E-state index < -0.39 is 0 Å². The molecule has 244 valence electrons. The lowest BCUT2D eigenvalue weighted by molar-refractivity contribution is 0.670. The SMILES string of the molecule is c1ccc(-c2ccc(N(c3ccccc3)c3cccc(-c4ccc5ccccc5c4)c3-c3ccc4ccccc4c3)c3c2oc2ccccc23)cc1. The fourth-order valence-electron chi connectivity index (χ4n) is 7.80. The maximum absolute atomic E-state index is 6.77. The molecule has 1 heterocycles. The minimum absolute atomic E-state index is 0.870. The van der Waals surface area contributed by atoms with Gasteiger partial charge in [0.25, 0.3) is 0 Å². The van der Waals surface area contributed by atoms with Crippen LogP contribution in [0.25, 0.3) is 76.9 Å². The Bertz CT molecular complexity index is 2910. The average Bonchev–Trinajstić information content (AvgIpc) is 3.61. The molecule has 2 heteroatoms. The molecule has 10 rings (SSSR count). The number of fused-ring (bicyclic) bond motifs is 5. The molecule has 0 unspecified atom stereocenters. The van der Waals surface area contributed by atoms with Crippen molar-refractivity contribution in [2.75, 3.05) is 4.90 Å². The van der Waals surface area contributed by atoms with Gasteiger partial charge < -0.3 is 9.32 Å². The second-order valence-corrected chi connectivity index (χ2v) is 13.3. The summed E-state index contributed by atoms with van der Waals surface area (Å²) in [6.07, 6.45) is 0. The first kappa shape index (κ1) is 30.0. The van der Waals surface area contributed by atoms with Crippen LogP contribution in [0.5, 0.6) is 0 Å². The van der Waals surface area contributed by atoms with E-state index in [9.17, 15) is 0 Å². The summed E-state index contributed by atoms with van der Waals surface area (Å²) in [5, 5.41) is 7.05. The molecule has 0 aliphatic rings. The van der Waals surface area contributed by atoms with Crippen molar-refractivity contribution in [1.82, 2.24) is 0 Å². The van der Waals surface area contributed by atoms with Crippen molar-refractivity contribution >= 4 is 60.5 Å². The Labute approximate surface area is 302 Å². The Morgan fingerprint density at radius 2 is 0.981 bits per heavy atom. The number of furan rings is 1. The van der Waals surface area contributed by atoms with Gasteiger partial charge >= 0.3 is 0 Å². The molecule has 0 radical (unpaired) electrons. The van der Waals surface area contributed by atoms with Crippen LogP contribution in [0.15, 0.2) is 205 Å². The third-order valence-electron chi connectivity index (χ3n) is 10.2. The number of rotatable bonds is 6. The van der Waals surface area contributed by atoms with Gasteiger partial charge in [-0.15, -0.1) is 0 Å². The molecular formula is C50H33NO. The van der Waals surface area contributed by atoms with Gasteiger partial charge in [0.15, 0.2) is 0 Å². The van der Waals surface area contributed by atoms with E-state index in [0.29, 0.717) is 0 Å². The Hall–Kier alpha value is -6.90. The van der Waals surface area contributed by atoms with Gasteiger partial charge in [0.2, 0.25) is 0 Å². The van der Waals surface area contributed by atoms with E-state index in [1.807, 2.05) is 6.07 Å². The van der Waals surface area contributed by atoms with Crippen LogP contribution in [-0.4, -0.2) is 0 Å². The summed E-state index contributed by atoms with van der Waals surface area (Å²) in [5.41, 5.74) is 11.8. The summed E-state index contributed by atoms with van der Waals surface area (Å²) in [5.74, 6) is 0. The average molecular weight is 664 g/mol. The molecule has 0 amide bonds. The zero-order valence-electron chi connectivity index (χ0n) is 28.4. The van der Waals surface area contributed by atoms with Gasteiger partial charge in [0.1, 0.15) is 11.2 Å². The first-order valence-corrected chi connectivity index (χ1v) is 17.8. The first-order chi connectivity index (χ1) is 25.8. The van der Waals surface area contributed by atoms with Gasteiger partial charge in [-0.05, 0) is 92.3 Å². The smallest absolute Gasteiger partial charge is 0.145 e. The Kier molecular flexibility index (Phi) is 7.18. The van der Waals surface area contributed by atoms with E-state index in [0.717, 1.165) is 55.7 Å². The Morgan fingerprint density at radius 3 is 1.73 bits per heavy atom. The monoisotopic (exact) mass is 663 g/mol. The number of para-hydroxylation sites is 2. The van der Waals surface area contributed by atoms with Crippen LogP contribution in [0, 0.1) is 0 Å². The Morgan fingerprint density at radius 1 is 0.365 bits per heavy atom. The molecule has 0 atom stereocenters. The third-order valence-corrected chi connectivity index (χ3v) is 10.2. The molecule has 0 saturated heterocycles. The van der Waals surface area contributed by atoms with Crippen LogP contribution in [0.2, 0.25) is 0 Å². The fourth-order valence-corrected chi connectivity index (χ4v) is 7.80. The van der Waals surface area contributed by atoms with Crippen molar-refractivity contribution in [2.24, 2.45) is 0 Å². The molecule has 0 bridgehead atoms. The van der Waals surface area contributed by atoms with Crippen LogP contribution >= 0.6 is 0 Å². The topological polar surface area (TPSA) is 16.4 Å². The van der Waals surface area contributed by atoms with Crippen LogP contribution in [0.4, 0.5) is 17.1 Å². The molecule has 2 nitrogen and oxygen atoms in total. The second-order valence-electron chi connectivity index (χ2n) is 13.3. The van der Waals surface area contributed by atoms with Crippen LogP contribution in [-0.2, 0) is 0 Å². The molecule has 52 heavy (non-hydrogen) atoms. The van der Waals surface area contributed by atoms with E-state index in [2.05, 4.69) is 199 Å². The molecule has 0 N–H and O–H groups in total. The van der Waals surface area contributed by atoms with E-state index in [4.69, 9.17) is 4.42 Å². The van der Waals surface area contributed by atoms with Gasteiger partial charge in [-0.3, -0.25) is 0 Å². The molecule has 0 aliphatic heterocycles. The van der Waals surface area contributed by atoms with Gasteiger partial charge in [0.05, 0.1) is 16.8 Å². The number of nitrogens with zero attached hydrogens (tertiary/aromatic N) is 1. The van der Waals surface area contributed by atoms with Gasteiger partial charge in [-0.25, -0.2) is 0 Å². The maximum atomic E-state index is 6.77. The second kappa shape index (κ2) is 12.5. The molecular weight excluding hydrogens is 631 g/mol. The lowest BCUT2D eigenvalue weighted by Crippen LogP contribution is -2.12. The fraction of sp³-hybridized carbons (Fsp3) is 0. The van der Waals surface area contributed by atoms with E-state index >= 15 is 0 Å². The highest BCUT2D eigenvalue weighted by atomic mass is 16.3. The summed E-state index contributed by atoms with van der Waals surface area (Å²) in [4.78, 5) is 2.42. The van der Waals surface area contributed by atoms with Crippen molar-refractivity contribution in [2.45, 2.75) is 0 Å². The molecule has 1 aromatic heterocycles. The molecule has 0 aliphatic carbocycles. The number of hydrogen-bond acceptors (Lipinski definition) is 2. The number of anilines is 3. The molecule has 0 fully saturated rings. The highest BCUT2D eigenvalue weighted by molar-refractivity contribution is 6.17. The molecule has 0 spiro atoms. The zero-order chi connectivity index (χ0) is 34.4. The molecule has 10 aromatic rings. The van der Waals surface area contributed by atoms with Crippen molar-refractivity contribution in [1.29, 1.82) is 0 Å².